The number of rotatable bonds is 7. The highest BCUT2D eigenvalue weighted by atomic mass is 32.2. The van der Waals surface area contributed by atoms with Crippen molar-refractivity contribution in [3.05, 3.63) is 59.9 Å². The highest BCUT2D eigenvalue weighted by molar-refractivity contribution is 7.99. The third-order valence-electron chi connectivity index (χ3n) is 5.06. The largest absolute Gasteiger partial charge is 0.473 e. The summed E-state index contributed by atoms with van der Waals surface area (Å²) in [6, 6.07) is 10.3. The summed E-state index contributed by atoms with van der Waals surface area (Å²) in [5.74, 6) is 1.66. The number of H-pyrrole nitrogens is 1. The van der Waals surface area contributed by atoms with Gasteiger partial charge in [-0.1, -0.05) is 18.2 Å². The number of benzene rings is 1. The summed E-state index contributed by atoms with van der Waals surface area (Å²) < 4.78 is 10.7. The summed E-state index contributed by atoms with van der Waals surface area (Å²) in [5.41, 5.74) is 2.26. The van der Waals surface area contributed by atoms with Crippen molar-refractivity contribution >= 4 is 34.5 Å². The zero-order valence-corrected chi connectivity index (χ0v) is 17.4. The number of aromatic nitrogens is 2. The second-order valence-electron chi connectivity index (χ2n) is 7.10. The van der Waals surface area contributed by atoms with Gasteiger partial charge in [0.1, 0.15) is 12.1 Å². The van der Waals surface area contributed by atoms with Crippen LogP contribution in [0.4, 0.5) is 0 Å². The van der Waals surface area contributed by atoms with Gasteiger partial charge in [-0.2, -0.15) is 11.8 Å². The van der Waals surface area contributed by atoms with E-state index in [9.17, 15) is 9.59 Å². The van der Waals surface area contributed by atoms with Crippen molar-refractivity contribution in [2.45, 2.75) is 25.0 Å². The third kappa shape index (κ3) is 4.59. The van der Waals surface area contributed by atoms with E-state index in [2.05, 4.69) is 15.3 Å². The van der Waals surface area contributed by atoms with Crippen LogP contribution < -0.4 is 10.1 Å². The number of ether oxygens (including phenoxy) is 2. The van der Waals surface area contributed by atoms with Crippen LogP contribution in [-0.2, 0) is 16.0 Å². The Kier molecular flexibility index (Phi) is 6.23. The van der Waals surface area contributed by atoms with E-state index in [1.165, 1.54) is 13.3 Å². The first-order chi connectivity index (χ1) is 14.6. The Morgan fingerprint density at radius 2 is 2.17 bits per heavy atom. The monoisotopic (exact) mass is 425 g/mol. The van der Waals surface area contributed by atoms with Gasteiger partial charge in [-0.05, 0) is 29.9 Å². The van der Waals surface area contributed by atoms with Crippen molar-refractivity contribution in [2.24, 2.45) is 0 Å². The fourth-order valence-electron chi connectivity index (χ4n) is 3.46. The van der Waals surface area contributed by atoms with Crippen LogP contribution in [0.2, 0.25) is 0 Å². The van der Waals surface area contributed by atoms with Crippen LogP contribution in [0.15, 0.2) is 48.8 Å². The number of pyridine rings is 1. The molecule has 4 rings (SSSR count). The normalized spacial score (nSPS) is 16.9. The molecule has 2 N–H and O–H groups in total. The Labute approximate surface area is 178 Å². The number of nitrogens with zero attached hydrogens (tertiary/aromatic N) is 1. The molecule has 30 heavy (non-hydrogen) atoms. The van der Waals surface area contributed by atoms with E-state index >= 15 is 0 Å². The molecular formula is C22H23N3O4S. The third-order valence-corrected chi connectivity index (χ3v) is 6.20. The van der Waals surface area contributed by atoms with Crippen LogP contribution in [0, 0.1) is 0 Å². The van der Waals surface area contributed by atoms with Gasteiger partial charge < -0.3 is 19.8 Å². The summed E-state index contributed by atoms with van der Waals surface area (Å²) in [5, 5.41) is 3.78. The minimum absolute atomic E-state index is 0.169. The molecule has 156 valence electrons. The number of aromatic amines is 1. The van der Waals surface area contributed by atoms with Crippen LogP contribution in [0.25, 0.3) is 10.9 Å². The summed E-state index contributed by atoms with van der Waals surface area (Å²) in [6.07, 6.45) is 4.80. The summed E-state index contributed by atoms with van der Waals surface area (Å²) in [4.78, 5) is 32.4. The lowest BCUT2D eigenvalue weighted by Crippen LogP contribution is -2.43. The minimum Gasteiger partial charge on any atom is -0.473 e. The van der Waals surface area contributed by atoms with Gasteiger partial charge in [-0.25, -0.2) is 9.78 Å². The number of nitrogens with one attached hydrogen (secondary N) is 2. The number of methoxy groups -OCH3 is 1. The van der Waals surface area contributed by atoms with E-state index in [1.54, 1.807) is 12.1 Å². The van der Waals surface area contributed by atoms with Gasteiger partial charge in [0.15, 0.2) is 0 Å². The number of hydrogen-bond donors (Lipinski definition) is 2. The lowest BCUT2D eigenvalue weighted by molar-refractivity contribution is -0.142. The first-order valence-electron chi connectivity index (χ1n) is 9.78. The predicted molar refractivity (Wildman–Crippen MR) is 116 cm³/mol. The van der Waals surface area contributed by atoms with E-state index in [1.807, 2.05) is 42.2 Å². The average Bonchev–Trinajstić information content (AvgIpc) is 3.43. The molecule has 0 bridgehead atoms. The fourth-order valence-corrected chi connectivity index (χ4v) is 4.55. The molecular weight excluding hydrogens is 402 g/mol. The maximum Gasteiger partial charge on any atom is 0.328 e. The van der Waals surface area contributed by atoms with Crippen molar-refractivity contribution in [3.8, 4) is 5.88 Å². The highest BCUT2D eigenvalue weighted by Crippen LogP contribution is 2.22. The maximum atomic E-state index is 12.7. The standard InChI is InChI=1S/C22H23N3O4S/c1-28-22(27)19(10-15-12-23-18-5-3-2-4-17(15)18)25-21(26)14-6-7-20(24-11-14)29-16-8-9-30-13-16/h2-7,11-12,16,19,23H,8-10,13H2,1H3,(H,25,26). The smallest absolute Gasteiger partial charge is 0.328 e. The lowest BCUT2D eigenvalue weighted by atomic mass is 10.0. The van der Waals surface area contributed by atoms with Crippen molar-refractivity contribution in [1.82, 2.24) is 15.3 Å². The van der Waals surface area contributed by atoms with Crippen LogP contribution in [0.3, 0.4) is 0 Å². The van der Waals surface area contributed by atoms with Crippen LogP contribution >= 0.6 is 11.8 Å². The molecule has 1 aromatic carbocycles. The van der Waals surface area contributed by atoms with Gasteiger partial charge in [0.05, 0.1) is 12.7 Å². The number of carbonyl (C=O) groups excluding carboxylic acids is 2. The Morgan fingerprint density at radius 3 is 2.90 bits per heavy atom. The number of fused-ring (bicyclic) bond motifs is 1. The van der Waals surface area contributed by atoms with Gasteiger partial charge in [0.2, 0.25) is 5.88 Å². The Hall–Kier alpha value is -3.00. The maximum absolute atomic E-state index is 12.7. The summed E-state index contributed by atoms with van der Waals surface area (Å²) >= 11 is 1.86. The van der Waals surface area contributed by atoms with E-state index in [0.29, 0.717) is 17.9 Å². The molecule has 2 atom stereocenters. The first kappa shape index (κ1) is 20.3. The molecule has 1 saturated heterocycles. The number of para-hydroxylation sites is 1. The van der Waals surface area contributed by atoms with Gasteiger partial charge in [0, 0.05) is 41.5 Å². The van der Waals surface area contributed by atoms with Crippen molar-refractivity contribution < 1.29 is 19.1 Å². The Morgan fingerprint density at radius 1 is 1.30 bits per heavy atom. The van der Waals surface area contributed by atoms with Crippen LogP contribution in [0.1, 0.15) is 22.3 Å². The topological polar surface area (TPSA) is 93.3 Å². The van der Waals surface area contributed by atoms with Gasteiger partial charge >= 0.3 is 5.97 Å². The fraction of sp³-hybridized carbons (Fsp3) is 0.318. The van der Waals surface area contributed by atoms with E-state index in [4.69, 9.17) is 9.47 Å². The second kappa shape index (κ2) is 9.21. The van der Waals surface area contributed by atoms with Gasteiger partial charge in [0.25, 0.3) is 5.91 Å². The molecule has 3 aromatic rings. The molecule has 1 aliphatic heterocycles. The van der Waals surface area contributed by atoms with Crippen molar-refractivity contribution in [2.75, 3.05) is 18.6 Å². The summed E-state index contributed by atoms with van der Waals surface area (Å²) in [6.45, 7) is 0. The van der Waals surface area contributed by atoms with Crippen molar-refractivity contribution in [1.29, 1.82) is 0 Å². The number of esters is 1. The minimum atomic E-state index is -0.812. The van der Waals surface area contributed by atoms with E-state index in [-0.39, 0.29) is 12.0 Å². The Balaban J connectivity index is 1.44. The number of amides is 1. The molecule has 0 saturated carbocycles. The number of thioether (sulfide) groups is 1. The molecule has 8 heteroatoms. The zero-order chi connectivity index (χ0) is 20.9. The molecule has 1 aliphatic rings. The van der Waals surface area contributed by atoms with E-state index < -0.39 is 12.0 Å². The van der Waals surface area contributed by atoms with Crippen LogP contribution in [-0.4, -0.2) is 52.6 Å². The van der Waals surface area contributed by atoms with Gasteiger partial charge in [-0.3, -0.25) is 4.79 Å². The molecule has 7 nitrogen and oxygen atoms in total. The highest BCUT2D eigenvalue weighted by Gasteiger charge is 2.24. The molecule has 3 heterocycles. The molecule has 2 unspecified atom stereocenters. The Bertz CT molecular complexity index is 1030. The molecule has 1 amide bonds. The molecule has 0 radical (unpaired) electrons. The molecule has 1 fully saturated rings. The SMILES string of the molecule is COC(=O)C(Cc1c[nH]c2ccccc12)NC(=O)c1ccc(OC2CCSC2)nc1. The zero-order valence-electron chi connectivity index (χ0n) is 16.6. The van der Waals surface area contributed by atoms with Crippen LogP contribution in [0.5, 0.6) is 5.88 Å². The first-order valence-corrected chi connectivity index (χ1v) is 10.9. The lowest BCUT2D eigenvalue weighted by Gasteiger charge is -2.16. The molecule has 0 aliphatic carbocycles. The average molecular weight is 426 g/mol. The predicted octanol–water partition coefficient (Wildman–Crippen LogP) is 2.96. The van der Waals surface area contributed by atoms with Gasteiger partial charge in [-0.15, -0.1) is 0 Å². The number of hydrogen-bond acceptors (Lipinski definition) is 6. The van der Waals surface area contributed by atoms with Crippen molar-refractivity contribution in [3.63, 3.8) is 0 Å². The quantitative estimate of drug-likeness (QED) is 0.566. The number of carbonyl (C=O) groups is 2. The second-order valence-corrected chi connectivity index (χ2v) is 8.25. The molecule has 2 aromatic heterocycles. The van der Waals surface area contributed by atoms with E-state index in [0.717, 1.165) is 34.4 Å². The molecule has 0 spiro atoms. The summed E-state index contributed by atoms with van der Waals surface area (Å²) in [7, 11) is 1.31.